The van der Waals surface area contributed by atoms with E-state index in [1.165, 1.54) is 0 Å². The summed E-state index contributed by atoms with van der Waals surface area (Å²) in [5.41, 5.74) is -0.117. The fraction of sp³-hybridized carbons (Fsp3) is 0.250. The van der Waals surface area contributed by atoms with Crippen molar-refractivity contribution in [2.24, 2.45) is 0 Å². The molecule has 1 aromatic carbocycles. The van der Waals surface area contributed by atoms with E-state index in [9.17, 15) is 9.59 Å². The number of allylic oxidation sites excluding steroid dienone is 1. The lowest BCUT2D eigenvalue weighted by Crippen LogP contribution is -2.19. The molecular formula is C16H17NO4. The lowest BCUT2D eigenvalue weighted by atomic mass is 10.1. The Morgan fingerprint density at radius 1 is 1.33 bits per heavy atom. The van der Waals surface area contributed by atoms with Crippen molar-refractivity contribution in [1.29, 1.82) is 0 Å². The van der Waals surface area contributed by atoms with Crippen LogP contribution in [0.2, 0.25) is 0 Å². The summed E-state index contributed by atoms with van der Waals surface area (Å²) in [6.07, 6.45) is 3.35. The van der Waals surface area contributed by atoms with Crippen LogP contribution in [-0.4, -0.2) is 23.8 Å². The minimum absolute atomic E-state index is 0.117. The molecule has 2 aromatic rings. The van der Waals surface area contributed by atoms with Gasteiger partial charge in [0.25, 0.3) is 5.56 Å². The summed E-state index contributed by atoms with van der Waals surface area (Å²) in [6.45, 7) is 5.94. The Balaban J connectivity index is 2.34. The van der Waals surface area contributed by atoms with Crippen LogP contribution in [0.5, 0.6) is 5.75 Å². The van der Waals surface area contributed by atoms with E-state index in [4.69, 9.17) is 9.47 Å². The van der Waals surface area contributed by atoms with Gasteiger partial charge in [0.1, 0.15) is 5.75 Å². The number of rotatable bonds is 6. The van der Waals surface area contributed by atoms with Crippen molar-refractivity contribution in [3.8, 4) is 5.75 Å². The third-order valence-electron chi connectivity index (χ3n) is 2.96. The molecule has 5 heteroatoms. The first-order valence-electron chi connectivity index (χ1n) is 6.69. The van der Waals surface area contributed by atoms with Crippen LogP contribution in [0, 0.1) is 0 Å². The van der Waals surface area contributed by atoms with Gasteiger partial charge in [-0.05, 0) is 25.1 Å². The number of carbonyl (C=O) groups is 1. The third-order valence-corrected chi connectivity index (χ3v) is 2.96. The van der Waals surface area contributed by atoms with Crippen molar-refractivity contribution in [3.05, 3.63) is 53.5 Å². The topological polar surface area (TPSA) is 57.5 Å². The Morgan fingerprint density at radius 2 is 2.14 bits per heavy atom. The van der Waals surface area contributed by atoms with Crippen molar-refractivity contribution >= 4 is 16.7 Å². The van der Waals surface area contributed by atoms with Crippen LogP contribution in [0.3, 0.4) is 0 Å². The lowest BCUT2D eigenvalue weighted by molar-refractivity contribution is -0.145. The van der Waals surface area contributed by atoms with Gasteiger partial charge >= 0.3 is 5.97 Å². The lowest BCUT2D eigenvalue weighted by Gasteiger charge is -2.10. The van der Waals surface area contributed by atoms with Crippen molar-refractivity contribution in [1.82, 2.24) is 4.57 Å². The van der Waals surface area contributed by atoms with Gasteiger partial charge in [-0.15, -0.1) is 6.58 Å². The Hall–Kier alpha value is -2.56. The number of carbonyl (C=O) groups excluding carboxylic acids is 1. The van der Waals surface area contributed by atoms with E-state index in [0.717, 1.165) is 0 Å². The molecule has 5 nitrogen and oxygen atoms in total. The predicted octanol–water partition coefficient (Wildman–Crippen LogP) is 2.13. The van der Waals surface area contributed by atoms with Gasteiger partial charge in [0.15, 0.2) is 6.61 Å². The predicted molar refractivity (Wildman–Crippen MR) is 80.5 cm³/mol. The van der Waals surface area contributed by atoms with Gasteiger partial charge in [-0.1, -0.05) is 12.1 Å². The maximum Gasteiger partial charge on any atom is 0.344 e. The number of aromatic nitrogens is 1. The molecule has 0 radical (unpaired) electrons. The Morgan fingerprint density at radius 3 is 2.86 bits per heavy atom. The number of fused-ring (bicyclic) bond motifs is 1. The van der Waals surface area contributed by atoms with Crippen LogP contribution in [0.1, 0.15) is 6.92 Å². The van der Waals surface area contributed by atoms with Crippen LogP contribution >= 0.6 is 0 Å². The Labute approximate surface area is 122 Å². The van der Waals surface area contributed by atoms with E-state index in [0.29, 0.717) is 29.7 Å². The zero-order valence-corrected chi connectivity index (χ0v) is 11.9. The summed E-state index contributed by atoms with van der Waals surface area (Å²) >= 11 is 0. The first-order chi connectivity index (χ1) is 10.2. The molecule has 0 unspecified atom stereocenters. The van der Waals surface area contributed by atoms with Crippen molar-refractivity contribution < 1.29 is 14.3 Å². The number of hydrogen-bond acceptors (Lipinski definition) is 4. The summed E-state index contributed by atoms with van der Waals surface area (Å²) < 4.78 is 11.8. The second-order valence-corrected chi connectivity index (χ2v) is 4.37. The summed E-state index contributed by atoms with van der Waals surface area (Å²) in [5.74, 6) is 0.0536. The first kappa shape index (κ1) is 14.8. The van der Waals surface area contributed by atoms with Gasteiger partial charge in [0.2, 0.25) is 0 Å². The second-order valence-electron chi connectivity index (χ2n) is 4.37. The summed E-state index contributed by atoms with van der Waals surface area (Å²) in [7, 11) is 0. The van der Waals surface area contributed by atoms with E-state index in [1.807, 2.05) is 0 Å². The molecule has 0 N–H and O–H groups in total. The summed E-state index contributed by atoms with van der Waals surface area (Å²) in [4.78, 5) is 23.6. The van der Waals surface area contributed by atoms with Gasteiger partial charge in [0.05, 0.1) is 12.0 Å². The highest BCUT2D eigenvalue weighted by Crippen LogP contribution is 2.23. The zero-order chi connectivity index (χ0) is 15.2. The summed E-state index contributed by atoms with van der Waals surface area (Å²) in [6, 6.07) is 6.97. The molecule has 0 aliphatic carbocycles. The molecule has 0 spiro atoms. The number of ether oxygens (including phenoxy) is 2. The average molecular weight is 287 g/mol. The number of hydrogen-bond donors (Lipinski definition) is 0. The minimum Gasteiger partial charge on any atom is -0.481 e. The number of pyridine rings is 1. The van der Waals surface area contributed by atoms with Crippen molar-refractivity contribution in [2.75, 3.05) is 13.2 Å². The van der Waals surface area contributed by atoms with Crippen LogP contribution in [0.25, 0.3) is 10.8 Å². The number of nitrogens with zero attached hydrogens (tertiary/aromatic N) is 1. The normalized spacial score (nSPS) is 10.3. The molecule has 1 heterocycles. The monoisotopic (exact) mass is 287 g/mol. The summed E-state index contributed by atoms with van der Waals surface area (Å²) in [5, 5.41) is 1.22. The van der Waals surface area contributed by atoms with Gasteiger partial charge in [-0.2, -0.15) is 0 Å². The minimum atomic E-state index is -0.436. The molecule has 0 saturated heterocycles. The maximum absolute atomic E-state index is 12.3. The van der Waals surface area contributed by atoms with Crippen LogP contribution < -0.4 is 10.3 Å². The number of benzene rings is 1. The molecule has 0 fully saturated rings. The smallest absolute Gasteiger partial charge is 0.344 e. The molecule has 0 atom stereocenters. The third kappa shape index (κ3) is 3.31. The highest BCUT2D eigenvalue weighted by atomic mass is 16.6. The van der Waals surface area contributed by atoms with Gasteiger partial charge in [0, 0.05) is 18.1 Å². The van der Waals surface area contributed by atoms with E-state index in [1.54, 1.807) is 48.0 Å². The largest absolute Gasteiger partial charge is 0.481 e. The molecule has 0 saturated carbocycles. The quantitative estimate of drug-likeness (QED) is 0.603. The van der Waals surface area contributed by atoms with Gasteiger partial charge in [-0.3, -0.25) is 4.79 Å². The van der Waals surface area contributed by atoms with E-state index < -0.39 is 5.97 Å². The maximum atomic E-state index is 12.3. The molecule has 0 amide bonds. The molecule has 0 bridgehead atoms. The zero-order valence-electron chi connectivity index (χ0n) is 11.9. The van der Waals surface area contributed by atoms with Crippen LogP contribution in [0.4, 0.5) is 0 Å². The Bertz CT molecular complexity index is 718. The van der Waals surface area contributed by atoms with Crippen molar-refractivity contribution in [2.45, 2.75) is 13.5 Å². The van der Waals surface area contributed by atoms with E-state index in [2.05, 4.69) is 6.58 Å². The van der Waals surface area contributed by atoms with Crippen molar-refractivity contribution in [3.63, 3.8) is 0 Å². The molecule has 0 aliphatic rings. The number of esters is 1. The van der Waals surface area contributed by atoms with Gasteiger partial charge < -0.3 is 14.0 Å². The highest BCUT2D eigenvalue weighted by molar-refractivity contribution is 5.87. The van der Waals surface area contributed by atoms with Crippen LogP contribution in [0.15, 0.2) is 47.9 Å². The average Bonchev–Trinajstić information content (AvgIpc) is 2.48. The molecule has 0 aliphatic heterocycles. The molecule has 110 valence electrons. The standard InChI is InChI=1S/C16H17NO4/c1-3-9-17-10-8-12-13(16(17)19)6-5-7-14(12)21-11-15(18)20-4-2/h3,5-8,10H,1,4,9,11H2,2H3. The Kier molecular flexibility index (Phi) is 4.77. The van der Waals surface area contributed by atoms with Gasteiger partial charge in [-0.25, -0.2) is 4.79 Å². The first-order valence-corrected chi connectivity index (χ1v) is 6.69. The molecular weight excluding hydrogens is 270 g/mol. The second kappa shape index (κ2) is 6.74. The van der Waals surface area contributed by atoms with E-state index in [-0.39, 0.29) is 12.2 Å². The SMILES string of the molecule is C=CCn1ccc2c(OCC(=O)OCC)cccc2c1=O. The molecule has 21 heavy (non-hydrogen) atoms. The molecule has 1 aromatic heterocycles. The van der Waals surface area contributed by atoms with Crippen LogP contribution in [-0.2, 0) is 16.1 Å². The molecule has 2 rings (SSSR count). The highest BCUT2D eigenvalue weighted by Gasteiger charge is 2.09. The van der Waals surface area contributed by atoms with E-state index >= 15 is 0 Å². The fourth-order valence-corrected chi connectivity index (χ4v) is 2.04. The fourth-order valence-electron chi connectivity index (χ4n) is 2.04.